The molecule has 2 heterocycles. The zero-order valence-electron chi connectivity index (χ0n) is 13.2. The van der Waals surface area contributed by atoms with E-state index in [0.29, 0.717) is 17.1 Å². The number of hydrogen-bond acceptors (Lipinski definition) is 7. The van der Waals surface area contributed by atoms with E-state index in [2.05, 4.69) is 43.7 Å². The molecule has 1 saturated heterocycles. The Morgan fingerprint density at radius 2 is 1.81 bits per heavy atom. The van der Waals surface area contributed by atoms with E-state index in [1.807, 2.05) is 18.7 Å². The molecule has 1 unspecified atom stereocenters. The summed E-state index contributed by atoms with van der Waals surface area (Å²) in [6.45, 7) is 8.06. The molecule has 0 amide bonds. The molecule has 1 fully saturated rings. The molecule has 1 aromatic heterocycles. The molecule has 2 N–H and O–H groups in total. The molecule has 1 aliphatic rings. The third-order valence-corrected chi connectivity index (χ3v) is 4.62. The number of nitrogens with one attached hydrogen (secondary N) is 2. The molecular formula is C14H26N6S. The molecule has 0 spiro atoms. The fraction of sp³-hybridized carbons (Fsp3) is 0.786. The van der Waals surface area contributed by atoms with Crippen molar-refractivity contribution in [1.29, 1.82) is 0 Å². The summed E-state index contributed by atoms with van der Waals surface area (Å²) < 4.78 is 0. The molecule has 21 heavy (non-hydrogen) atoms. The summed E-state index contributed by atoms with van der Waals surface area (Å²) >= 11 is 1.88. The van der Waals surface area contributed by atoms with E-state index in [1.165, 1.54) is 12.8 Å². The molecule has 118 valence electrons. The van der Waals surface area contributed by atoms with Crippen LogP contribution >= 0.6 is 11.8 Å². The largest absolute Gasteiger partial charge is 0.354 e. The molecule has 0 bridgehead atoms. The lowest BCUT2D eigenvalue weighted by Gasteiger charge is -2.17. The summed E-state index contributed by atoms with van der Waals surface area (Å²) in [7, 11) is 0. The summed E-state index contributed by atoms with van der Waals surface area (Å²) in [4.78, 5) is 15.8. The first-order chi connectivity index (χ1) is 10.2. The van der Waals surface area contributed by atoms with Crippen molar-refractivity contribution < 1.29 is 0 Å². The molecule has 1 aromatic rings. The van der Waals surface area contributed by atoms with Crippen molar-refractivity contribution in [3.8, 4) is 0 Å². The van der Waals surface area contributed by atoms with Crippen LogP contribution in [-0.2, 0) is 0 Å². The number of thioether (sulfide) groups is 1. The van der Waals surface area contributed by atoms with Gasteiger partial charge in [-0.1, -0.05) is 6.92 Å². The molecule has 0 radical (unpaired) electrons. The summed E-state index contributed by atoms with van der Waals surface area (Å²) in [5.74, 6) is 2.13. The summed E-state index contributed by atoms with van der Waals surface area (Å²) in [5.41, 5.74) is 0. The molecule has 2 rings (SSSR count). The van der Waals surface area contributed by atoms with Gasteiger partial charge in [0.2, 0.25) is 17.8 Å². The van der Waals surface area contributed by atoms with Crippen molar-refractivity contribution in [2.24, 2.45) is 0 Å². The van der Waals surface area contributed by atoms with Crippen LogP contribution in [-0.4, -0.2) is 52.6 Å². The maximum absolute atomic E-state index is 4.57. The van der Waals surface area contributed by atoms with E-state index in [1.54, 1.807) is 0 Å². The average molecular weight is 310 g/mol. The van der Waals surface area contributed by atoms with Gasteiger partial charge in [-0.2, -0.15) is 26.7 Å². The minimum atomic E-state index is 0.644. The first-order valence-electron chi connectivity index (χ1n) is 7.74. The van der Waals surface area contributed by atoms with Crippen molar-refractivity contribution in [1.82, 2.24) is 15.0 Å². The van der Waals surface area contributed by atoms with E-state index >= 15 is 0 Å². The molecule has 1 atom stereocenters. The molecule has 1 aliphatic heterocycles. The predicted molar refractivity (Wildman–Crippen MR) is 91.5 cm³/mol. The average Bonchev–Trinajstić information content (AvgIpc) is 3.01. The summed E-state index contributed by atoms with van der Waals surface area (Å²) in [6.07, 6.45) is 5.68. The minimum absolute atomic E-state index is 0.644. The van der Waals surface area contributed by atoms with Crippen LogP contribution in [0.25, 0.3) is 0 Å². The Hall–Kier alpha value is -1.24. The minimum Gasteiger partial charge on any atom is -0.354 e. The van der Waals surface area contributed by atoms with Gasteiger partial charge in [-0.25, -0.2) is 0 Å². The Morgan fingerprint density at radius 1 is 1.14 bits per heavy atom. The first-order valence-corrected chi connectivity index (χ1v) is 9.03. The highest BCUT2D eigenvalue weighted by molar-refractivity contribution is 7.99. The van der Waals surface area contributed by atoms with Gasteiger partial charge in [0.25, 0.3) is 0 Å². The fourth-order valence-corrected chi connectivity index (χ4v) is 2.60. The molecule has 0 aliphatic carbocycles. The van der Waals surface area contributed by atoms with Gasteiger partial charge < -0.3 is 15.5 Å². The van der Waals surface area contributed by atoms with Gasteiger partial charge in [-0.3, -0.25) is 0 Å². The number of anilines is 3. The number of nitrogens with zero attached hydrogens (tertiary/aromatic N) is 4. The van der Waals surface area contributed by atoms with Crippen LogP contribution in [0.2, 0.25) is 0 Å². The second-order valence-corrected chi connectivity index (χ2v) is 6.55. The van der Waals surface area contributed by atoms with Crippen LogP contribution in [0.3, 0.4) is 0 Å². The quantitative estimate of drug-likeness (QED) is 0.764. The number of aromatic nitrogens is 3. The Kier molecular flexibility index (Phi) is 6.35. The predicted octanol–water partition coefficient (Wildman–Crippen LogP) is 2.46. The highest BCUT2D eigenvalue weighted by atomic mass is 32.2. The molecule has 0 aromatic carbocycles. The van der Waals surface area contributed by atoms with Gasteiger partial charge in [-0.05, 0) is 32.4 Å². The topological polar surface area (TPSA) is 66.0 Å². The first kappa shape index (κ1) is 16.1. The zero-order chi connectivity index (χ0) is 15.1. The van der Waals surface area contributed by atoms with Crippen LogP contribution in [0.15, 0.2) is 0 Å². The van der Waals surface area contributed by atoms with Crippen molar-refractivity contribution in [3.05, 3.63) is 0 Å². The van der Waals surface area contributed by atoms with Crippen LogP contribution < -0.4 is 15.5 Å². The maximum Gasteiger partial charge on any atom is 0.231 e. The third kappa shape index (κ3) is 4.91. The van der Waals surface area contributed by atoms with Crippen molar-refractivity contribution >= 4 is 29.6 Å². The number of rotatable bonds is 8. The number of hydrogen-bond donors (Lipinski definition) is 2. The van der Waals surface area contributed by atoms with Crippen molar-refractivity contribution in [3.63, 3.8) is 0 Å². The fourth-order valence-electron chi connectivity index (χ4n) is 2.24. The molecule has 6 nitrogen and oxygen atoms in total. The Balaban J connectivity index is 2.04. The smallest absolute Gasteiger partial charge is 0.231 e. The summed E-state index contributed by atoms with van der Waals surface area (Å²) in [5, 5.41) is 7.16. The lowest BCUT2D eigenvalue weighted by atomic mass is 10.3. The van der Waals surface area contributed by atoms with Gasteiger partial charge in [0.1, 0.15) is 0 Å². The van der Waals surface area contributed by atoms with Gasteiger partial charge in [0.15, 0.2) is 0 Å². The normalized spacial score (nSPS) is 16.0. The highest BCUT2D eigenvalue weighted by Crippen LogP contribution is 2.18. The van der Waals surface area contributed by atoms with Crippen LogP contribution in [0, 0.1) is 0 Å². The molecule has 7 heteroatoms. The Labute approximate surface area is 131 Å². The highest BCUT2D eigenvalue weighted by Gasteiger charge is 2.17. The Morgan fingerprint density at radius 3 is 2.43 bits per heavy atom. The van der Waals surface area contributed by atoms with Gasteiger partial charge in [-0.15, -0.1) is 0 Å². The van der Waals surface area contributed by atoms with Crippen LogP contribution in [0.5, 0.6) is 0 Å². The maximum atomic E-state index is 4.57. The lowest BCUT2D eigenvalue weighted by molar-refractivity contribution is 0.832. The van der Waals surface area contributed by atoms with Crippen molar-refractivity contribution in [2.45, 2.75) is 38.4 Å². The Bertz CT molecular complexity index is 435. The monoisotopic (exact) mass is 310 g/mol. The lowest BCUT2D eigenvalue weighted by Crippen LogP contribution is -2.22. The zero-order valence-corrected chi connectivity index (χ0v) is 14.0. The van der Waals surface area contributed by atoms with E-state index in [9.17, 15) is 0 Å². The molecular weight excluding hydrogens is 284 g/mol. The van der Waals surface area contributed by atoms with Gasteiger partial charge in [0.05, 0.1) is 0 Å². The SMILES string of the molecule is CCNc1nc(NCCC(C)SC)nc(N2CCCC2)n1. The second-order valence-electron chi connectivity index (χ2n) is 5.27. The van der Waals surface area contributed by atoms with Gasteiger partial charge >= 0.3 is 0 Å². The van der Waals surface area contributed by atoms with E-state index in [-0.39, 0.29) is 0 Å². The van der Waals surface area contributed by atoms with E-state index in [0.717, 1.165) is 38.5 Å². The van der Waals surface area contributed by atoms with E-state index in [4.69, 9.17) is 0 Å². The third-order valence-electron chi connectivity index (χ3n) is 3.58. The van der Waals surface area contributed by atoms with Gasteiger partial charge in [0, 0.05) is 31.4 Å². The van der Waals surface area contributed by atoms with Crippen molar-refractivity contribution in [2.75, 3.05) is 48.0 Å². The van der Waals surface area contributed by atoms with E-state index < -0.39 is 0 Å². The summed E-state index contributed by atoms with van der Waals surface area (Å²) in [6, 6.07) is 0. The second kappa shape index (κ2) is 8.26. The molecule has 0 saturated carbocycles. The standard InChI is InChI=1S/C14H26N6S/c1-4-15-12-17-13(16-8-7-11(2)21-3)19-14(18-12)20-9-5-6-10-20/h11H,4-10H2,1-3H3,(H2,15,16,17,18,19). The van der Waals surface area contributed by atoms with Crippen LogP contribution in [0.4, 0.5) is 17.8 Å². The van der Waals surface area contributed by atoms with Crippen LogP contribution in [0.1, 0.15) is 33.1 Å².